The van der Waals surface area contributed by atoms with Crippen molar-refractivity contribution in [2.24, 2.45) is 11.5 Å². The molecule has 0 aliphatic carbocycles. The van der Waals surface area contributed by atoms with Crippen LogP contribution in [0, 0.1) is 13.8 Å². The summed E-state index contributed by atoms with van der Waals surface area (Å²) < 4.78 is 26.2. The summed E-state index contributed by atoms with van der Waals surface area (Å²) in [6, 6.07) is 10.8. The van der Waals surface area contributed by atoms with Crippen LogP contribution < -0.4 is 20.9 Å². The van der Waals surface area contributed by atoms with Crippen molar-refractivity contribution in [3.8, 4) is 34.5 Å². The third-order valence-electron chi connectivity index (χ3n) is 12.2. The molecule has 4 N–H and O–H groups in total. The highest BCUT2D eigenvalue weighted by Crippen LogP contribution is 2.42. The van der Waals surface area contributed by atoms with Gasteiger partial charge in [-0.15, -0.1) is 0 Å². The maximum atomic E-state index is 12.9. The van der Waals surface area contributed by atoms with Crippen LogP contribution in [0.5, 0.6) is 11.5 Å². The van der Waals surface area contributed by atoms with Gasteiger partial charge < -0.3 is 39.4 Å². The molecule has 2 amide bonds. The van der Waals surface area contributed by atoms with Gasteiger partial charge in [-0.1, -0.05) is 23.2 Å². The van der Waals surface area contributed by atoms with E-state index in [0.717, 1.165) is 54.2 Å². The minimum Gasteiger partial charge on any atom is -0.495 e. The molecule has 1 aliphatic heterocycles. The fourth-order valence-electron chi connectivity index (χ4n) is 9.19. The lowest BCUT2D eigenvalue weighted by molar-refractivity contribution is 0.0358. The number of unbranched alkanes of at least 4 members (excludes halogenated alkanes) is 1. The number of hydrogen-bond acceptors (Lipinski definition) is 11. The second-order valence-corrected chi connectivity index (χ2v) is 17.3. The van der Waals surface area contributed by atoms with Gasteiger partial charge in [0.05, 0.1) is 60.1 Å². The van der Waals surface area contributed by atoms with Crippen molar-refractivity contribution in [3.63, 3.8) is 0 Å². The average Bonchev–Trinajstić information content (AvgIpc) is 4.06. The van der Waals surface area contributed by atoms with E-state index < -0.39 is 11.8 Å². The van der Waals surface area contributed by atoms with Crippen LogP contribution in [0.3, 0.4) is 0 Å². The molecule has 17 nitrogen and oxygen atoms in total. The average molecular weight is 936 g/mol. The Kier molecular flexibility index (Phi) is 12.6. The number of aryl methyl sites for hydroxylation is 6. The lowest BCUT2D eigenvalue weighted by atomic mass is 10.1. The first kappa shape index (κ1) is 44.9. The summed E-state index contributed by atoms with van der Waals surface area (Å²) in [5.74, 6) is 0.653. The zero-order valence-electron chi connectivity index (χ0n) is 37.7. The van der Waals surface area contributed by atoms with Gasteiger partial charge in [-0.3, -0.25) is 19.2 Å². The van der Waals surface area contributed by atoms with Crippen LogP contribution in [0.2, 0.25) is 10.3 Å². The van der Waals surface area contributed by atoms with Crippen molar-refractivity contribution in [1.29, 1.82) is 0 Å². The number of hydrogen-bond donors (Lipinski definition) is 2. The highest BCUT2D eigenvalue weighted by Gasteiger charge is 2.26. The SMILES string of the molecule is CCn1cc(C)cc1-c1nc(Cl)c2c3cc(C(N)=O)cc(OC)c3n(CCCCn3c4nc(-c5cc(C)nn5CC)nc(Cl)c4c4cc(C(N)=O)cc(OCCCN5CCOCC5)c43)c2n1. The summed E-state index contributed by atoms with van der Waals surface area (Å²) in [7, 11) is 1.56. The topological polar surface area (TPSA) is 201 Å². The Balaban J connectivity index is 1.14. The molecule has 1 aliphatic rings. The predicted octanol–water partition coefficient (Wildman–Crippen LogP) is 7.57. The smallest absolute Gasteiger partial charge is 0.248 e. The second kappa shape index (κ2) is 18.5. The van der Waals surface area contributed by atoms with E-state index in [4.69, 9.17) is 68.8 Å². The molecule has 0 atom stereocenters. The summed E-state index contributed by atoms with van der Waals surface area (Å²) in [6.07, 6.45) is 4.10. The molecule has 0 unspecified atom stereocenters. The molecule has 19 heteroatoms. The number of aromatic nitrogens is 9. The van der Waals surface area contributed by atoms with Crippen molar-refractivity contribution < 1.29 is 23.8 Å². The quantitative estimate of drug-likeness (QED) is 0.0674. The summed E-state index contributed by atoms with van der Waals surface area (Å²) in [6.45, 7) is 14.7. The first-order valence-corrected chi connectivity index (χ1v) is 23.0. The Labute approximate surface area is 390 Å². The fraction of sp³-hybridized carbons (Fsp3) is 0.383. The number of benzene rings is 2. The van der Waals surface area contributed by atoms with Gasteiger partial charge in [0.2, 0.25) is 11.8 Å². The van der Waals surface area contributed by atoms with Crippen molar-refractivity contribution in [2.75, 3.05) is 46.6 Å². The van der Waals surface area contributed by atoms with Gasteiger partial charge in [0.15, 0.2) is 11.6 Å². The Morgan fingerprint density at radius 3 is 1.86 bits per heavy atom. The number of methoxy groups -OCH3 is 1. The van der Waals surface area contributed by atoms with Gasteiger partial charge in [-0.25, -0.2) is 19.9 Å². The molecule has 1 saturated heterocycles. The summed E-state index contributed by atoms with van der Waals surface area (Å²) >= 11 is 14.2. The number of halogens is 2. The number of fused-ring (bicyclic) bond motifs is 6. The maximum absolute atomic E-state index is 12.9. The Morgan fingerprint density at radius 1 is 0.727 bits per heavy atom. The van der Waals surface area contributed by atoms with Crippen LogP contribution in [-0.4, -0.2) is 107 Å². The van der Waals surface area contributed by atoms with E-state index in [0.29, 0.717) is 120 Å². The Morgan fingerprint density at radius 2 is 1.30 bits per heavy atom. The monoisotopic (exact) mass is 934 g/mol. The van der Waals surface area contributed by atoms with Crippen LogP contribution in [0.15, 0.2) is 42.6 Å². The molecule has 0 radical (unpaired) electrons. The number of rotatable bonds is 17. The summed E-state index contributed by atoms with van der Waals surface area (Å²) in [5.41, 5.74) is 18.4. The minimum absolute atomic E-state index is 0.227. The van der Waals surface area contributed by atoms with E-state index in [9.17, 15) is 9.59 Å². The Hall–Kier alpha value is -6.27. The van der Waals surface area contributed by atoms with Crippen molar-refractivity contribution in [2.45, 2.75) is 73.1 Å². The third-order valence-corrected chi connectivity index (χ3v) is 12.8. The third kappa shape index (κ3) is 8.29. The molecule has 66 heavy (non-hydrogen) atoms. The first-order valence-electron chi connectivity index (χ1n) is 22.2. The molecule has 344 valence electrons. The fourth-order valence-corrected chi connectivity index (χ4v) is 9.72. The number of carbonyl (C=O) groups excluding carboxylic acids is 2. The van der Waals surface area contributed by atoms with E-state index in [-0.39, 0.29) is 21.4 Å². The molecule has 0 bridgehead atoms. The van der Waals surface area contributed by atoms with Gasteiger partial charge in [0.1, 0.15) is 38.8 Å². The zero-order valence-corrected chi connectivity index (χ0v) is 39.2. The van der Waals surface area contributed by atoms with Crippen molar-refractivity contribution >= 4 is 78.9 Å². The summed E-state index contributed by atoms with van der Waals surface area (Å²) in [4.78, 5) is 47.7. The number of nitrogens with zero attached hydrogens (tertiary/aromatic N) is 10. The van der Waals surface area contributed by atoms with Crippen LogP contribution in [0.4, 0.5) is 0 Å². The van der Waals surface area contributed by atoms with E-state index in [1.54, 1.807) is 31.4 Å². The molecule has 7 heterocycles. The van der Waals surface area contributed by atoms with E-state index in [2.05, 4.69) is 36.8 Å². The minimum atomic E-state index is -0.600. The molecule has 1 fully saturated rings. The number of primary amides is 2. The highest BCUT2D eigenvalue weighted by molar-refractivity contribution is 6.37. The Bertz CT molecular complexity index is 3180. The van der Waals surface area contributed by atoms with Crippen molar-refractivity contribution in [3.05, 3.63) is 75.3 Å². The van der Waals surface area contributed by atoms with Crippen LogP contribution in [0.25, 0.3) is 66.9 Å². The molecule has 0 saturated carbocycles. The second-order valence-electron chi connectivity index (χ2n) is 16.6. The number of amides is 2. The van der Waals surface area contributed by atoms with Crippen LogP contribution >= 0.6 is 23.2 Å². The van der Waals surface area contributed by atoms with E-state index in [1.165, 1.54) is 0 Å². The summed E-state index contributed by atoms with van der Waals surface area (Å²) in [5, 5.41) is 7.60. The van der Waals surface area contributed by atoms with Crippen LogP contribution in [0.1, 0.15) is 65.1 Å². The molecule has 8 aromatic rings. The van der Waals surface area contributed by atoms with Gasteiger partial charge in [-0.05, 0) is 88.9 Å². The normalized spacial score (nSPS) is 13.5. The molecule has 0 spiro atoms. The largest absolute Gasteiger partial charge is 0.495 e. The standard InChI is InChI=1S/C47H52Cl2N12O5/c1-6-58-25-26(3)19-32(58)44-52-40(48)36-30-21-28(42(50)62)23-34(64-5)38(30)59(46(36)54-44)12-8-9-13-60-39-31(37-41(49)53-45(55-47(37)60)33-20-27(4)56-61(33)7-2)22-29(43(51)63)24-35(39)66-16-10-11-57-14-17-65-18-15-57/h19-25H,6-18H2,1-5H3,(H2,50,62)(H2,51,63). The predicted molar refractivity (Wildman–Crippen MR) is 256 cm³/mol. The first-order chi connectivity index (χ1) is 31.9. The zero-order chi connectivity index (χ0) is 46.4. The van der Waals surface area contributed by atoms with E-state index in [1.807, 2.05) is 37.6 Å². The molecule has 2 aromatic carbocycles. The lowest BCUT2D eigenvalue weighted by Crippen LogP contribution is -2.37. The highest BCUT2D eigenvalue weighted by atomic mass is 35.5. The molecule has 9 rings (SSSR count). The molecule has 6 aromatic heterocycles. The van der Waals surface area contributed by atoms with Gasteiger partial charge in [-0.2, -0.15) is 5.10 Å². The molecular weight excluding hydrogens is 884 g/mol. The van der Waals surface area contributed by atoms with Gasteiger partial charge in [0, 0.05) is 73.9 Å². The number of carbonyl (C=O) groups is 2. The number of morpholine rings is 1. The maximum Gasteiger partial charge on any atom is 0.248 e. The van der Waals surface area contributed by atoms with Crippen LogP contribution in [-0.2, 0) is 30.9 Å². The lowest BCUT2D eigenvalue weighted by Gasteiger charge is -2.26. The van der Waals surface area contributed by atoms with Gasteiger partial charge in [0.25, 0.3) is 0 Å². The van der Waals surface area contributed by atoms with Crippen molar-refractivity contribution in [1.82, 2.24) is 48.3 Å². The molecular formula is C47H52Cl2N12O5. The van der Waals surface area contributed by atoms with E-state index >= 15 is 0 Å². The number of ether oxygens (including phenoxy) is 3. The number of nitrogens with two attached hydrogens (primary N) is 2. The van der Waals surface area contributed by atoms with Gasteiger partial charge >= 0.3 is 0 Å².